The lowest BCUT2D eigenvalue weighted by atomic mass is 10.3. The molecule has 0 fully saturated rings. The Morgan fingerprint density at radius 3 is 2.88 bits per heavy atom. The summed E-state index contributed by atoms with van der Waals surface area (Å²) < 4.78 is 0. The minimum atomic E-state index is -0.613. The number of rotatable bonds is 5. The molecular formula is C9H13N3O4. The third-order valence-electron chi connectivity index (χ3n) is 2.08. The highest BCUT2D eigenvalue weighted by molar-refractivity contribution is 5.92. The van der Waals surface area contributed by atoms with E-state index in [1.807, 2.05) is 0 Å². The predicted molar refractivity (Wildman–Crippen MR) is 56.1 cm³/mol. The topological polar surface area (TPSA) is 108 Å². The number of H-pyrrole nitrogens is 1. The van der Waals surface area contributed by atoms with E-state index in [0.29, 0.717) is 6.42 Å². The maximum Gasteiger partial charge on any atom is 0.321 e. The summed E-state index contributed by atoms with van der Waals surface area (Å²) in [6.07, 6.45) is -0.0700. The van der Waals surface area contributed by atoms with Gasteiger partial charge in [-0.05, 0) is 17.4 Å². The van der Waals surface area contributed by atoms with Crippen molar-refractivity contribution in [2.24, 2.45) is 0 Å². The van der Waals surface area contributed by atoms with Crippen molar-refractivity contribution >= 4 is 11.7 Å². The van der Waals surface area contributed by atoms with E-state index in [2.05, 4.69) is 10.3 Å². The van der Waals surface area contributed by atoms with E-state index in [-0.39, 0.29) is 18.1 Å². The number of hydrogen-bond donors (Lipinski definition) is 3. The van der Waals surface area contributed by atoms with Crippen LogP contribution >= 0.6 is 0 Å². The molecule has 7 nitrogen and oxygen atoms in total. The van der Waals surface area contributed by atoms with Gasteiger partial charge in [0, 0.05) is 12.6 Å². The van der Waals surface area contributed by atoms with E-state index in [0.717, 1.165) is 0 Å². The summed E-state index contributed by atoms with van der Waals surface area (Å²) in [6, 6.07) is 2.54. The molecule has 16 heavy (non-hydrogen) atoms. The molecule has 1 rings (SSSR count). The van der Waals surface area contributed by atoms with E-state index in [1.54, 1.807) is 6.92 Å². The molecule has 0 radical (unpaired) electrons. The molecule has 88 valence electrons. The number of nitrogens with zero attached hydrogens (tertiary/aromatic N) is 1. The van der Waals surface area contributed by atoms with E-state index < -0.39 is 16.9 Å². The number of hydrogen-bond acceptors (Lipinski definition) is 4. The predicted octanol–water partition coefficient (Wildman–Crippen LogP) is 0.424. The van der Waals surface area contributed by atoms with Crippen molar-refractivity contribution in [2.75, 3.05) is 6.54 Å². The van der Waals surface area contributed by atoms with Crippen LogP contribution in [0.5, 0.6) is 0 Å². The van der Waals surface area contributed by atoms with Gasteiger partial charge >= 0.3 is 5.82 Å². The van der Waals surface area contributed by atoms with Gasteiger partial charge in [0.05, 0.1) is 6.10 Å². The Balaban J connectivity index is 2.56. The van der Waals surface area contributed by atoms with Crippen LogP contribution in [-0.4, -0.2) is 33.6 Å². The van der Waals surface area contributed by atoms with Crippen molar-refractivity contribution in [3.05, 3.63) is 27.9 Å². The van der Waals surface area contributed by atoms with Crippen LogP contribution < -0.4 is 5.32 Å². The summed E-state index contributed by atoms with van der Waals surface area (Å²) in [6.45, 7) is 1.92. The lowest BCUT2D eigenvalue weighted by molar-refractivity contribution is -0.389. The van der Waals surface area contributed by atoms with Crippen molar-refractivity contribution in [3.8, 4) is 0 Å². The lowest BCUT2D eigenvalue weighted by Crippen LogP contribution is -2.31. The van der Waals surface area contributed by atoms with E-state index in [9.17, 15) is 20.0 Å². The van der Waals surface area contributed by atoms with Crippen molar-refractivity contribution in [1.29, 1.82) is 0 Å². The van der Waals surface area contributed by atoms with E-state index >= 15 is 0 Å². The molecule has 0 saturated heterocycles. The van der Waals surface area contributed by atoms with E-state index in [1.165, 1.54) is 12.1 Å². The molecule has 1 heterocycles. The fraction of sp³-hybridized carbons (Fsp3) is 0.444. The average molecular weight is 227 g/mol. The maximum atomic E-state index is 11.4. The third kappa shape index (κ3) is 3.06. The Hall–Kier alpha value is -1.89. The molecule has 1 atom stereocenters. The molecule has 0 aliphatic rings. The van der Waals surface area contributed by atoms with Crippen LogP contribution in [0, 0.1) is 10.1 Å². The molecule has 0 aliphatic heterocycles. The molecular weight excluding hydrogens is 214 g/mol. The monoisotopic (exact) mass is 227 g/mol. The number of amides is 1. The molecule has 0 spiro atoms. The minimum Gasteiger partial charge on any atom is -0.391 e. The summed E-state index contributed by atoms with van der Waals surface area (Å²) in [7, 11) is 0. The molecule has 0 bridgehead atoms. The Bertz CT molecular complexity index is 388. The van der Waals surface area contributed by atoms with Crippen LogP contribution in [0.4, 0.5) is 5.82 Å². The first-order valence-electron chi connectivity index (χ1n) is 4.84. The van der Waals surface area contributed by atoms with Gasteiger partial charge in [0.15, 0.2) is 5.69 Å². The summed E-state index contributed by atoms with van der Waals surface area (Å²) in [5.41, 5.74) is 0.106. The van der Waals surface area contributed by atoms with Crippen LogP contribution in [0.1, 0.15) is 23.8 Å². The number of nitrogens with one attached hydrogen (secondary N) is 2. The summed E-state index contributed by atoms with van der Waals surface area (Å²) in [4.78, 5) is 23.5. The number of carbonyl (C=O) groups excluding carboxylic acids is 1. The second-order valence-corrected chi connectivity index (χ2v) is 3.29. The van der Waals surface area contributed by atoms with Gasteiger partial charge in [-0.2, -0.15) is 0 Å². The number of carbonyl (C=O) groups is 1. The molecule has 3 N–H and O–H groups in total. The molecule has 0 aliphatic carbocycles. The number of aromatic amines is 1. The van der Waals surface area contributed by atoms with Crippen LogP contribution in [0.15, 0.2) is 12.1 Å². The first-order chi connectivity index (χ1) is 7.54. The van der Waals surface area contributed by atoms with Gasteiger partial charge in [-0.25, -0.2) is 4.98 Å². The van der Waals surface area contributed by atoms with Gasteiger partial charge in [-0.3, -0.25) is 4.79 Å². The first kappa shape index (κ1) is 12.2. The van der Waals surface area contributed by atoms with Crippen LogP contribution in [0.3, 0.4) is 0 Å². The highest BCUT2D eigenvalue weighted by Gasteiger charge is 2.15. The zero-order chi connectivity index (χ0) is 12.1. The quantitative estimate of drug-likeness (QED) is 0.500. The van der Waals surface area contributed by atoms with Gasteiger partial charge < -0.3 is 20.5 Å². The molecule has 7 heteroatoms. The summed E-state index contributed by atoms with van der Waals surface area (Å²) in [5.74, 6) is -0.707. The number of aliphatic hydroxyl groups is 1. The number of aromatic nitrogens is 1. The lowest BCUT2D eigenvalue weighted by Gasteiger charge is -2.07. The van der Waals surface area contributed by atoms with Gasteiger partial charge in [0.25, 0.3) is 5.91 Å². The van der Waals surface area contributed by atoms with Crippen molar-refractivity contribution in [3.63, 3.8) is 0 Å². The molecule has 1 amide bonds. The Kier molecular flexibility index (Phi) is 4.01. The molecule has 1 aromatic heterocycles. The second-order valence-electron chi connectivity index (χ2n) is 3.29. The standard InChI is InChI=1S/C9H13N3O4/c1-2-6(13)5-10-9(14)7-3-4-8(11-7)12(15)16/h3-4,6,11,13H,2,5H2,1H3,(H,10,14). The van der Waals surface area contributed by atoms with Gasteiger partial charge in [0.1, 0.15) is 0 Å². The fourth-order valence-electron chi connectivity index (χ4n) is 1.07. The molecule has 0 aromatic carbocycles. The molecule has 0 saturated carbocycles. The Morgan fingerprint density at radius 1 is 1.69 bits per heavy atom. The molecule has 1 unspecified atom stereocenters. The van der Waals surface area contributed by atoms with Gasteiger partial charge in [0.2, 0.25) is 0 Å². The SMILES string of the molecule is CCC(O)CNC(=O)c1ccc([N+](=O)[O-])[nH]1. The van der Waals surface area contributed by atoms with Crippen LogP contribution in [-0.2, 0) is 0 Å². The summed E-state index contributed by atoms with van der Waals surface area (Å²) >= 11 is 0. The largest absolute Gasteiger partial charge is 0.391 e. The van der Waals surface area contributed by atoms with Gasteiger partial charge in [-0.1, -0.05) is 6.92 Å². The Labute approximate surface area is 91.6 Å². The smallest absolute Gasteiger partial charge is 0.321 e. The summed E-state index contributed by atoms with van der Waals surface area (Å²) in [5, 5.41) is 22.0. The first-order valence-corrected chi connectivity index (χ1v) is 4.84. The van der Waals surface area contributed by atoms with Crippen LogP contribution in [0.25, 0.3) is 0 Å². The minimum absolute atomic E-state index is 0.106. The second kappa shape index (κ2) is 5.26. The number of nitro groups is 1. The van der Waals surface area contributed by atoms with Crippen LogP contribution in [0.2, 0.25) is 0 Å². The normalized spacial score (nSPS) is 12.1. The third-order valence-corrected chi connectivity index (χ3v) is 2.08. The average Bonchev–Trinajstić information content (AvgIpc) is 2.74. The zero-order valence-electron chi connectivity index (χ0n) is 8.77. The zero-order valence-corrected chi connectivity index (χ0v) is 8.77. The van der Waals surface area contributed by atoms with Crippen molar-refractivity contribution in [2.45, 2.75) is 19.4 Å². The highest BCUT2D eigenvalue weighted by Crippen LogP contribution is 2.09. The van der Waals surface area contributed by atoms with Crippen molar-refractivity contribution in [1.82, 2.24) is 10.3 Å². The fourth-order valence-corrected chi connectivity index (χ4v) is 1.07. The van der Waals surface area contributed by atoms with E-state index in [4.69, 9.17) is 0 Å². The van der Waals surface area contributed by atoms with Crippen molar-refractivity contribution < 1.29 is 14.8 Å². The Morgan fingerprint density at radius 2 is 2.38 bits per heavy atom. The maximum absolute atomic E-state index is 11.4. The molecule has 1 aromatic rings. The number of aliphatic hydroxyl groups excluding tert-OH is 1. The van der Waals surface area contributed by atoms with Gasteiger partial charge in [-0.15, -0.1) is 0 Å². The highest BCUT2D eigenvalue weighted by atomic mass is 16.6.